The van der Waals surface area contributed by atoms with Gasteiger partial charge in [0.1, 0.15) is 5.69 Å². The Hall–Kier alpha value is -2.83. The predicted molar refractivity (Wildman–Crippen MR) is 82.9 cm³/mol. The van der Waals surface area contributed by atoms with Gasteiger partial charge in [-0.3, -0.25) is 9.59 Å². The summed E-state index contributed by atoms with van der Waals surface area (Å²) < 4.78 is 6.43. The molecule has 7 heteroatoms. The molecule has 0 bridgehead atoms. The van der Waals surface area contributed by atoms with Crippen molar-refractivity contribution in [2.75, 3.05) is 26.2 Å². The molecule has 2 aromatic rings. The van der Waals surface area contributed by atoms with E-state index in [1.165, 1.54) is 4.74 Å². The molecule has 1 fully saturated rings. The van der Waals surface area contributed by atoms with Gasteiger partial charge in [0.05, 0.1) is 0 Å². The van der Waals surface area contributed by atoms with Gasteiger partial charge >= 0.3 is 5.63 Å². The van der Waals surface area contributed by atoms with Gasteiger partial charge in [0.25, 0.3) is 5.91 Å². The molecule has 2 heterocycles. The van der Waals surface area contributed by atoms with Crippen LogP contribution in [0.2, 0.25) is 0 Å². The summed E-state index contributed by atoms with van der Waals surface area (Å²) in [5.41, 5.74) is 0.613. The molecule has 0 radical (unpaired) electrons. The molecular formula is C16H17N3O4. The van der Waals surface area contributed by atoms with E-state index in [1.807, 2.05) is 30.3 Å². The fourth-order valence-corrected chi connectivity index (χ4v) is 2.77. The molecule has 120 valence electrons. The predicted octanol–water partition coefficient (Wildman–Crippen LogP) is 0.560. The summed E-state index contributed by atoms with van der Waals surface area (Å²) in [6, 6.07) is 9.19. The summed E-state index contributed by atoms with van der Waals surface area (Å²) in [5, 5.41) is 0. The number of hydrogen-bond donors (Lipinski definition) is 0. The topological polar surface area (TPSA) is 75.8 Å². The van der Waals surface area contributed by atoms with Crippen LogP contribution in [0, 0.1) is 0 Å². The third-order valence-electron chi connectivity index (χ3n) is 3.99. The van der Waals surface area contributed by atoms with Crippen molar-refractivity contribution >= 4 is 12.3 Å². The number of piperazine rings is 1. The number of rotatable bonds is 3. The van der Waals surface area contributed by atoms with Crippen LogP contribution in [0.15, 0.2) is 39.6 Å². The smallest absolute Gasteiger partial charge is 0.342 e. The Balaban J connectivity index is 1.96. The third-order valence-corrected chi connectivity index (χ3v) is 3.99. The molecule has 1 aromatic carbocycles. The Kier molecular flexibility index (Phi) is 4.01. The quantitative estimate of drug-likeness (QED) is 0.776. The van der Waals surface area contributed by atoms with Crippen LogP contribution in [0.1, 0.15) is 10.4 Å². The van der Waals surface area contributed by atoms with Crippen molar-refractivity contribution in [1.29, 1.82) is 0 Å². The molecule has 23 heavy (non-hydrogen) atoms. The zero-order valence-corrected chi connectivity index (χ0v) is 12.8. The molecule has 2 amide bonds. The number of carbonyl (C=O) groups is 2. The van der Waals surface area contributed by atoms with Crippen molar-refractivity contribution in [3.8, 4) is 11.3 Å². The van der Waals surface area contributed by atoms with E-state index in [0.717, 1.165) is 12.0 Å². The Bertz CT molecular complexity index is 770. The first-order valence-electron chi connectivity index (χ1n) is 7.36. The van der Waals surface area contributed by atoms with Crippen molar-refractivity contribution in [2.24, 2.45) is 7.05 Å². The monoisotopic (exact) mass is 315 g/mol. The lowest BCUT2D eigenvalue weighted by Gasteiger charge is -2.32. The first-order chi connectivity index (χ1) is 11.1. The van der Waals surface area contributed by atoms with Crippen LogP contribution in [0.25, 0.3) is 11.3 Å². The van der Waals surface area contributed by atoms with Crippen molar-refractivity contribution in [2.45, 2.75) is 0 Å². The Morgan fingerprint density at radius 1 is 1.13 bits per heavy atom. The minimum atomic E-state index is -0.644. The first kappa shape index (κ1) is 15.1. The first-order valence-corrected chi connectivity index (χ1v) is 7.36. The van der Waals surface area contributed by atoms with Crippen molar-refractivity contribution in [3.63, 3.8) is 0 Å². The van der Waals surface area contributed by atoms with Crippen LogP contribution >= 0.6 is 0 Å². The van der Waals surface area contributed by atoms with E-state index in [9.17, 15) is 14.4 Å². The van der Waals surface area contributed by atoms with Crippen LogP contribution in [0.4, 0.5) is 0 Å². The highest BCUT2D eigenvalue weighted by molar-refractivity contribution is 5.99. The van der Waals surface area contributed by atoms with E-state index in [0.29, 0.717) is 31.9 Å². The second kappa shape index (κ2) is 6.12. The second-order valence-corrected chi connectivity index (χ2v) is 5.40. The Morgan fingerprint density at radius 3 is 2.39 bits per heavy atom. The molecule has 3 rings (SSSR count). The second-order valence-electron chi connectivity index (χ2n) is 5.40. The van der Waals surface area contributed by atoms with Crippen LogP contribution < -0.4 is 5.63 Å². The number of nitrogens with zero attached hydrogens (tertiary/aromatic N) is 3. The summed E-state index contributed by atoms with van der Waals surface area (Å²) >= 11 is 0. The number of carbonyl (C=O) groups excluding carboxylic acids is 2. The molecule has 0 unspecified atom stereocenters. The lowest BCUT2D eigenvalue weighted by Crippen LogP contribution is -2.48. The maximum absolute atomic E-state index is 12.8. The molecule has 7 nitrogen and oxygen atoms in total. The molecule has 0 spiro atoms. The summed E-state index contributed by atoms with van der Waals surface area (Å²) in [7, 11) is 1.60. The van der Waals surface area contributed by atoms with Gasteiger partial charge in [0.15, 0.2) is 5.56 Å². The van der Waals surface area contributed by atoms with Gasteiger partial charge in [-0.05, 0) is 0 Å². The van der Waals surface area contributed by atoms with Gasteiger partial charge < -0.3 is 14.3 Å². The molecule has 0 atom stereocenters. The highest BCUT2D eigenvalue weighted by atomic mass is 16.5. The van der Waals surface area contributed by atoms with Crippen LogP contribution in [-0.2, 0) is 11.8 Å². The molecule has 1 saturated heterocycles. The van der Waals surface area contributed by atoms with Crippen LogP contribution in [0.3, 0.4) is 0 Å². The maximum Gasteiger partial charge on any atom is 0.370 e. The van der Waals surface area contributed by atoms with Gasteiger partial charge in [0, 0.05) is 38.8 Å². The highest BCUT2D eigenvalue weighted by Gasteiger charge is 2.29. The fourth-order valence-electron chi connectivity index (χ4n) is 2.77. The average molecular weight is 315 g/mol. The minimum Gasteiger partial charge on any atom is -0.342 e. The number of aryl methyl sites for hydroxylation is 1. The van der Waals surface area contributed by atoms with Crippen molar-refractivity contribution < 1.29 is 14.1 Å². The van der Waals surface area contributed by atoms with E-state index in [4.69, 9.17) is 4.52 Å². The van der Waals surface area contributed by atoms with Crippen molar-refractivity contribution in [1.82, 2.24) is 14.5 Å². The lowest BCUT2D eigenvalue weighted by atomic mass is 10.1. The van der Waals surface area contributed by atoms with E-state index in [2.05, 4.69) is 0 Å². The normalized spacial score (nSPS) is 14.8. The van der Waals surface area contributed by atoms with E-state index in [-0.39, 0.29) is 11.5 Å². The summed E-state index contributed by atoms with van der Waals surface area (Å²) in [4.78, 5) is 38.9. The van der Waals surface area contributed by atoms with Crippen LogP contribution in [-0.4, -0.2) is 53.0 Å². The molecular weight excluding hydrogens is 298 g/mol. The highest BCUT2D eigenvalue weighted by Crippen LogP contribution is 2.23. The molecule has 0 saturated carbocycles. The van der Waals surface area contributed by atoms with E-state index in [1.54, 1.807) is 16.8 Å². The minimum absolute atomic E-state index is 0.0400. The standard InChI is InChI=1S/C16H17N3O4/c1-17-14(12-5-3-2-4-6-12)13(16(22)23-17)15(21)19-9-7-18(11-20)8-10-19/h2-6,11H,7-10H2,1H3. The van der Waals surface area contributed by atoms with Gasteiger partial charge in [-0.25, -0.2) is 9.53 Å². The summed E-state index contributed by atoms with van der Waals surface area (Å²) in [5.74, 6) is -0.358. The Morgan fingerprint density at radius 2 is 1.78 bits per heavy atom. The van der Waals surface area contributed by atoms with Gasteiger partial charge in [-0.2, -0.15) is 0 Å². The SMILES string of the molecule is Cn1oc(=O)c(C(=O)N2CCN(C=O)CC2)c1-c1ccccc1. The zero-order valence-electron chi connectivity index (χ0n) is 12.8. The average Bonchev–Trinajstić information content (AvgIpc) is 2.89. The molecule has 0 N–H and O–H groups in total. The van der Waals surface area contributed by atoms with Gasteiger partial charge in [-0.15, -0.1) is 0 Å². The molecule has 0 aliphatic carbocycles. The third kappa shape index (κ3) is 2.77. The number of amides is 2. The zero-order chi connectivity index (χ0) is 16.4. The lowest BCUT2D eigenvalue weighted by molar-refractivity contribution is -0.119. The number of aromatic nitrogens is 1. The number of hydrogen-bond acceptors (Lipinski definition) is 4. The Labute approximate surface area is 132 Å². The maximum atomic E-state index is 12.8. The van der Waals surface area contributed by atoms with E-state index >= 15 is 0 Å². The molecule has 1 aliphatic rings. The summed E-state index contributed by atoms with van der Waals surface area (Å²) in [6.45, 7) is 1.74. The number of benzene rings is 1. The van der Waals surface area contributed by atoms with E-state index < -0.39 is 5.63 Å². The van der Waals surface area contributed by atoms with Crippen molar-refractivity contribution in [3.05, 3.63) is 46.3 Å². The molecule has 1 aromatic heterocycles. The van der Waals surface area contributed by atoms with Gasteiger partial charge in [0.2, 0.25) is 6.41 Å². The fraction of sp³-hybridized carbons (Fsp3) is 0.312. The van der Waals surface area contributed by atoms with Crippen LogP contribution in [0.5, 0.6) is 0 Å². The largest absolute Gasteiger partial charge is 0.370 e. The molecule has 1 aliphatic heterocycles. The summed E-state index contributed by atoms with van der Waals surface area (Å²) in [6.07, 6.45) is 0.772. The van der Waals surface area contributed by atoms with Gasteiger partial charge in [-0.1, -0.05) is 30.3 Å².